The second-order valence-corrected chi connectivity index (χ2v) is 22.7. The number of anilines is 6. The largest absolute Gasteiger partial charge is 0.398 e. The highest BCUT2D eigenvalue weighted by Gasteiger charge is 2.22. The molecule has 2 aromatic heterocycles. The van der Waals surface area contributed by atoms with Crippen LogP contribution in [0.15, 0.2) is 159 Å². The standard InChI is InChI=1S/C32H34ClN11O6S3.C18H22N6O3S/c1-5-51(45)17-15-36-28-24(19-34)20(3)27(29(39-28)35-14-7-16-50-4)44-43-25-18-22(10-13-26(25)53(47,48)49)38-32-41-30(33)40-31(42-32)37-21-8-11-23(12-9-21)52(46)6-2;1-10(2)18(11(3)15(9-19)12(4)20)24-23-16-8-14(22-13(5)21)6-7-17(16)28(25,26)27/h5-6,8-13,18H,1-2,7,14-17H2,3-4H3,(H2,35,36,39)(H,47,48,49)(H2,37,38,40,41,42);6-8H,4,20H2,1-3,5H3,(H2,21,22)(H,25,26,27)/b;15-11-,24-23?. The molecule has 0 aliphatic carbocycles. The van der Waals surface area contributed by atoms with Gasteiger partial charge in [0.05, 0.1) is 39.2 Å². The van der Waals surface area contributed by atoms with Crippen molar-refractivity contribution in [1.29, 1.82) is 10.5 Å². The van der Waals surface area contributed by atoms with Crippen molar-refractivity contribution < 1.29 is 39.1 Å². The van der Waals surface area contributed by atoms with Crippen LogP contribution in [0.4, 0.5) is 57.7 Å². The zero-order valence-corrected chi connectivity index (χ0v) is 48.4. The summed E-state index contributed by atoms with van der Waals surface area (Å²) < 4.78 is 96.4. The number of ether oxygens (including phenoxy) is 1. The zero-order valence-electron chi connectivity index (χ0n) is 44.4. The Balaban J connectivity index is 0.000000425. The minimum atomic E-state index is -4.78. The Hall–Kier alpha value is -8.46. The Bertz CT molecular complexity index is 3740. The first-order valence-electron chi connectivity index (χ1n) is 23.4. The van der Waals surface area contributed by atoms with E-state index in [1.54, 1.807) is 66.0 Å². The lowest BCUT2D eigenvalue weighted by molar-refractivity contribution is 0.198. The molecule has 2 atom stereocenters. The van der Waals surface area contributed by atoms with E-state index in [9.17, 15) is 44.9 Å². The van der Waals surface area contributed by atoms with E-state index in [2.05, 4.69) is 92.5 Å². The number of hydrogen-bond donors (Lipinski definition) is 8. The van der Waals surface area contributed by atoms with E-state index < -0.39 is 51.6 Å². The van der Waals surface area contributed by atoms with E-state index in [4.69, 9.17) is 27.8 Å². The molecular formula is C50H56ClN17O9S4. The second kappa shape index (κ2) is 30.2. The van der Waals surface area contributed by atoms with Crippen molar-refractivity contribution >= 4 is 117 Å². The van der Waals surface area contributed by atoms with Crippen molar-refractivity contribution in [2.24, 2.45) is 36.9 Å². The van der Waals surface area contributed by atoms with E-state index in [0.717, 1.165) is 12.1 Å². The number of nitrogens with two attached hydrogens (primary N) is 2. The highest BCUT2D eigenvalue weighted by atomic mass is 35.5. The third-order valence-electron chi connectivity index (χ3n) is 10.4. The number of methoxy groups -OCH3 is 1. The molecular weight excluding hydrogens is 1150 g/mol. The highest BCUT2D eigenvalue weighted by Crippen LogP contribution is 2.37. The average molecular weight is 1200 g/mol. The van der Waals surface area contributed by atoms with Crippen molar-refractivity contribution in [3.8, 4) is 12.1 Å². The van der Waals surface area contributed by atoms with Gasteiger partial charge < -0.3 is 37.5 Å². The van der Waals surface area contributed by atoms with Gasteiger partial charge >= 0.3 is 0 Å². The van der Waals surface area contributed by atoms with Gasteiger partial charge in [0.25, 0.3) is 20.2 Å². The van der Waals surface area contributed by atoms with Crippen LogP contribution < -0.4 is 32.7 Å². The molecule has 0 spiro atoms. The molecule has 0 bridgehead atoms. The molecule has 81 heavy (non-hydrogen) atoms. The van der Waals surface area contributed by atoms with Crippen LogP contribution in [0.25, 0.3) is 0 Å². The lowest BCUT2D eigenvalue weighted by Gasteiger charge is -2.15. The molecule has 0 radical (unpaired) electrons. The SMILES string of the molecule is C=C(N)/C(C#N)=C(/C)C(N=Nc1cc(N=C(C)N)ccc1S(=O)(=O)O)=C(C)C.C=CS(=O)CCNc1nc(NCCCOC)c(N=Nc2cc(Nc3nc(Cl)nc(Nc4ccc(S(=O)C=C)cc4)n3)ccc2S(=O)(=O)O)c(C)c1C#N. The Morgan fingerprint density at radius 3 is 1.95 bits per heavy atom. The van der Waals surface area contributed by atoms with E-state index in [0.29, 0.717) is 58.2 Å². The van der Waals surface area contributed by atoms with Gasteiger partial charge in [-0.05, 0) is 130 Å². The second-order valence-electron chi connectivity index (χ2n) is 16.6. The Labute approximate surface area is 478 Å². The topological polar surface area (TPSA) is 413 Å². The van der Waals surface area contributed by atoms with E-state index in [-0.39, 0.29) is 86.5 Å². The number of amidine groups is 1. The summed E-state index contributed by atoms with van der Waals surface area (Å²) in [5.74, 6) is 0.967. The molecule has 31 heteroatoms. The summed E-state index contributed by atoms with van der Waals surface area (Å²) in [6, 6.07) is 18.3. The number of aromatic nitrogens is 4. The van der Waals surface area contributed by atoms with Gasteiger partial charge in [-0.1, -0.05) is 19.7 Å². The number of rotatable bonds is 25. The molecule has 0 saturated heterocycles. The number of aliphatic imine (C=N–C) groups is 1. The summed E-state index contributed by atoms with van der Waals surface area (Å²) in [5, 5.41) is 50.3. The Morgan fingerprint density at radius 1 is 0.815 bits per heavy atom. The van der Waals surface area contributed by atoms with Crippen LogP contribution in [0.1, 0.15) is 45.2 Å². The fraction of sp³-hybridized carbons (Fsp3) is 0.220. The average Bonchev–Trinajstić information content (AvgIpc) is 3.41. The fourth-order valence-electron chi connectivity index (χ4n) is 6.71. The van der Waals surface area contributed by atoms with Crippen LogP contribution in [-0.4, -0.2) is 92.7 Å². The molecule has 5 aromatic rings. The molecule has 0 saturated carbocycles. The summed E-state index contributed by atoms with van der Waals surface area (Å²) in [5.41, 5.74) is 14.2. The number of nitrogens with zero attached hydrogens (tertiary/aromatic N) is 11. The van der Waals surface area contributed by atoms with Crippen LogP contribution in [0, 0.1) is 29.6 Å². The number of halogens is 1. The van der Waals surface area contributed by atoms with Gasteiger partial charge in [-0.3, -0.25) is 13.3 Å². The van der Waals surface area contributed by atoms with Crippen LogP contribution in [-0.2, 0) is 46.6 Å². The molecule has 2 heterocycles. The van der Waals surface area contributed by atoms with Gasteiger partial charge in [-0.2, -0.15) is 47.4 Å². The zero-order chi connectivity index (χ0) is 60.2. The number of allylic oxidation sites excluding steroid dienone is 3. The molecule has 0 fully saturated rings. The quantitative estimate of drug-likeness (QED) is 0.00512. The predicted molar refractivity (Wildman–Crippen MR) is 313 cm³/mol. The monoisotopic (exact) mass is 1200 g/mol. The van der Waals surface area contributed by atoms with Gasteiger partial charge in [0.1, 0.15) is 44.8 Å². The maximum Gasteiger partial charge on any atom is 0.296 e. The van der Waals surface area contributed by atoms with Crippen LogP contribution in [0.3, 0.4) is 0 Å². The summed E-state index contributed by atoms with van der Waals surface area (Å²) in [7, 11) is -10.4. The van der Waals surface area contributed by atoms with Crippen molar-refractivity contribution in [1.82, 2.24) is 19.9 Å². The summed E-state index contributed by atoms with van der Waals surface area (Å²) in [6.45, 7) is 20.0. The summed E-state index contributed by atoms with van der Waals surface area (Å²) >= 11 is 6.17. The number of nitrogens with one attached hydrogen (secondary N) is 4. The Kier molecular flexibility index (Phi) is 24.3. The van der Waals surface area contributed by atoms with Crippen LogP contribution in [0.2, 0.25) is 5.28 Å². The Morgan fingerprint density at radius 2 is 1.41 bits per heavy atom. The van der Waals surface area contributed by atoms with Crippen molar-refractivity contribution in [3.63, 3.8) is 0 Å². The maximum absolute atomic E-state index is 12.4. The molecule has 26 nitrogen and oxygen atoms in total. The molecule has 0 amide bonds. The molecule has 426 valence electrons. The first-order valence-corrected chi connectivity index (χ1v) is 29.2. The minimum absolute atomic E-state index is 0.0272. The van der Waals surface area contributed by atoms with Gasteiger partial charge in [0.15, 0.2) is 5.82 Å². The highest BCUT2D eigenvalue weighted by molar-refractivity contribution is 7.88. The lowest BCUT2D eigenvalue weighted by Crippen LogP contribution is -2.14. The number of azo groups is 2. The fourth-order valence-corrected chi connectivity index (χ4v) is 9.14. The van der Waals surface area contributed by atoms with Gasteiger partial charge in [0.2, 0.25) is 17.2 Å². The number of nitriles is 2. The van der Waals surface area contributed by atoms with Crippen molar-refractivity contribution in [2.75, 3.05) is 53.8 Å². The summed E-state index contributed by atoms with van der Waals surface area (Å²) in [4.78, 5) is 20.6. The van der Waals surface area contributed by atoms with E-state index >= 15 is 0 Å². The number of benzene rings is 3. The maximum atomic E-state index is 12.4. The lowest BCUT2D eigenvalue weighted by atomic mass is 10.0. The van der Waals surface area contributed by atoms with Crippen molar-refractivity contribution in [3.05, 3.63) is 136 Å². The van der Waals surface area contributed by atoms with Crippen LogP contribution >= 0.6 is 11.6 Å². The molecule has 3 aromatic carbocycles. The molecule has 0 aliphatic heterocycles. The minimum Gasteiger partial charge on any atom is -0.398 e. The van der Waals surface area contributed by atoms with E-state index in [1.807, 2.05) is 6.07 Å². The van der Waals surface area contributed by atoms with Crippen LogP contribution in [0.5, 0.6) is 0 Å². The third kappa shape index (κ3) is 19.4. The molecule has 5 rings (SSSR count). The first-order chi connectivity index (χ1) is 38.2. The molecule has 10 N–H and O–H groups in total. The summed E-state index contributed by atoms with van der Waals surface area (Å²) in [6.07, 6.45) is 0.595. The number of hydrogen-bond acceptors (Lipinski definition) is 23. The predicted octanol–water partition coefficient (Wildman–Crippen LogP) is 9.88. The van der Waals surface area contributed by atoms with E-state index in [1.165, 1.54) is 35.1 Å². The normalized spacial score (nSPS) is 12.7. The smallest absolute Gasteiger partial charge is 0.296 e. The number of pyridine rings is 1. The molecule has 2 unspecified atom stereocenters. The third-order valence-corrected chi connectivity index (χ3v) is 14.4. The molecule has 0 aliphatic rings. The van der Waals surface area contributed by atoms with Gasteiger partial charge in [-0.15, -0.1) is 15.3 Å². The first kappa shape index (κ1) is 65.1. The van der Waals surface area contributed by atoms with Gasteiger partial charge in [0, 0.05) is 76.3 Å². The van der Waals surface area contributed by atoms with Crippen molar-refractivity contribution in [2.45, 2.75) is 55.7 Å². The van der Waals surface area contributed by atoms with Gasteiger partial charge in [-0.25, -0.2) is 14.2 Å².